The number of anilines is 1. The minimum atomic E-state index is -4.03. The molecule has 3 aromatic rings. The van der Waals surface area contributed by atoms with Gasteiger partial charge in [0.1, 0.15) is 12.3 Å². The van der Waals surface area contributed by atoms with Crippen LogP contribution in [0.4, 0.5) is 5.69 Å². The Hall–Kier alpha value is -3.17. The Morgan fingerprint density at radius 3 is 2.21 bits per heavy atom. The van der Waals surface area contributed by atoms with Crippen molar-refractivity contribution in [2.24, 2.45) is 5.10 Å². The molecule has 0 saturated carbocycles. The predicted octanol–water partition coefficient (Wildman–Crippen LogP) is 4.89. The largest absolute Gasteiger partial charge is 0.494 e. The van der Waals surface area contributed by atoms with Crippen molar-refractivity contribution in [3.63, 3.8) is 0 Å². The Balaban J connectivity index is 1.85. The number of carbonyl (C=O) groups is 1. The van der Waals surface area contributed by atoms with Gasteiger partial charge in [0.15, 0.2) is 0 Å². The molecule has 0 unspecified atom stereocenters. The summed E-state index contributed by atoms with van der Waals surface area (Å²) in [6.45, 7) is 5.56. The van der Waals surface area contributed by atoms with Crippen molar-refractivity contribution >= 4 is 43.3 Å². The van der Waals surface area contributed by atoms with Crippen molar-refractivity contribution in [3.05, 3.63) is 88.4 Å². The van der Waals surface area contributed by atoms with Gasteiger partial charge < -0.3 is 4.74 Å². The lowest BCUT2D eigenvalue weighted by Crippen LogP contribution is -2.39. The maximum absolute atomic E-state index is 13.5. The minimum absolute atomic E-state index is 0.0545. The number of halogens is 1. The maximum Gasteiger partial charge on any atom is 0.264 e. The number of amides is 1. The lowest BCUT2D eigenvalue weighted by molar-refractivity contribution is -0.119. The van der Waals surface area contributed by atoms with Crippen molar-refractivity contribution in [1.29, 1.82) is 0 Å². The quantitative estimate of drug-likeness (QED) is 0.307. The number of hydrogen-bond acceptors (Lipinski definition) is 5. The third-order valence-electron chi connectivity index (χ3n) is 4.94. The van der Waals surface area contributed by atoms with Crippen LogP contribution in [0.3, 0.4) is 0 Å². The minimum Gasteiger partial charge on any atom is -0.494 e. The molecule has 0 bridgehead atoms. The smallest absolute Gasteiger partial charge is 0.264 e. The zero-order chi connectivity index (χ0) is 24.7. The number of rotatable bonds is 9. The molecule has 3 rings (SSSR count). The van der Waals surface area contributed by atoms with E-state index in [0.29, 0.717) is 23.8 Å². The molecule has 3 aromatic carbocycles. The van der Waals surface area contributed by atoms with Crippen molar-refractivity contribution < 1.29 is 17.9 Å². The highest BCUT2D eigenvalue weighted by atomic mass is 79.9. The number of ether oxygens (including phenoxy) is 1. The Morgan fingerprint density at radius 1 is 1.00 bits per heavy atom. The number of hydrazone groups is 1. The maximum atomic E-state index is 13.5. The lowest BCUT2D eigenvalue weighted by Gasteiger charge is -2.24. The van der Waals surface area contributed by atoms with Crippen LogP contribution < -0.4 is 14.5 Å². The molecular weight excluding hydrogens is 518 g/mol. The van der Waals surface area contributed by atoms with Gasteiger partial charge in [-0.15, -0.1) is 0 Å². The predicted molar refractivity (Wildman–Crippen MR) is 138 cm³/mol. The fourth-order valence-corrected chi connectivity index (χ4v) is 4.78. The van der Waals surface area contributed by atoms with Gasteiger partial charge in [-0.05, 0) is 74.9 Å². The number of sulfonamides is 1. The molecule has 34 heavy (non-hydrogen) atoms. The molecule has 0 aliphatic carbocycles. The molecular formula is C25H26BrN3O4S. The summed E-state index contributed by atoms with van der Waals surface area (Å²) in [5.74, 6) is 0.00498. The summed E-state index contributed by atoms with van der Waals surface area (Å²) in [5, 5.41) is 4.14. The van der Waals surface area contributed by atoms with Crippen LogP contribution in [-0.4, -0.2) is 33.2 Å². The number of nitrogens with one attached hydrogen (secondary N) is 1. The van der Waals surface area contributed by atoms with E-state index in [9.17, 15) is 13.2 Å². The average molecular weight is 544 g/mol. The number of aryl methyl sites for hydroxylation is 1. The lowest BCUT2D eigenvalue weighted by atomic mass is 10.1. The van der Waals surface area contributed by atoms with Gasteiger partial charge in [0, 0.05) is 4.47 Å². The first-order valence-corrected chi connectivity index (χ1v) is 12.9. The molecule has 1 N–H and O–H groups in total. The van der Waals surface area contributed by atoms with Gasteiger partial charge in [0.05, 0.1) is 22.9 Å². The topological polar surface area (TPSA) is 88.1 Å². The van der Waals surface area contributed by atoms with Crippen LogP contribution in [0.25, 0.3) is 0 Å². The third-order valence-corrected chi connectivity index (χ3v) is 7.26. The summed E-state index contributed by atoms with van der Waals surface area (Å²) in [7, 11) is -4.03. The van der Waals surface area contributed by atoms with Gasteiger partial charge in [0.25, 0.3) is 15.9 Å². The van der Waals surface area contributed by atoms with Crippen LogP contribution in [0, 0.1) is 6.92 Å². The van der Waals surface area contributed by atoms with Crippen LogP contribution in [0.1, 0.15) is 25.0 Å². The monoisotopic (exact) mass is 543 g/mol. The van der Waals surface area contributed by atoms with Gasteiger partial charge in [-0.1, -0.05) is 45.8 Å². The molecule has 0 radical (unpaired) electrons. The van der Waals surface area contributed by atoms with E-state index in [1.807, 2.05) is 38.1 Å². The van der Waals surface area contributed by atoms with Crippen molar-refractivity contribution in [3.8, 4) is 5.75 Å². The summed E-state index contributed by atoms with van der Waals surface area (Å²) < 4.78 is 34.4. The highest BCUT2D eigenvalue weighted by molar-refractivity contribution is 9.10. The van der Waals surface area contributed by atoms with Gasteiger partial charge in [-0.2, -0.15) is 5.10 Å². The molecule has 0 aliphatic heterocycles. The zero-order valence-electron chi connectivity index (χ0n) is 19.2. The fraction of sp³-hybridized carbons (Fsp3) is 0.200. The third kappa shape index (κ3) is 6.45. The van der Waals surface area contributed by atoms with E-state index in [0.717, 1.165) is 19.9 Å². The Morgan fingerprint density at radius 2 is 1.62 bits per heavy atom. The number of hydrogen-bond donors (Lipinski definition) is 1. The number of nitrogens with zero attached hydrogens (tertiary/aromatic N) is 2. The second kappa shape index (κ2) is 11.3. The van der Waals surface area contributed by atoms with Crippen LogP contribution in [0.2, 0.25) is 0 Å². The fourth-order valence-electron chi connectivity index (χ4n) is 3.10. The van der Waals surface area contributed by atoms with Gasteiger partial charge >= 0.3 is 0 Å². The zero-order valence-corrected chi connectivity index (χ0v) is 21.6. The first kappa shape index (κ1) is 25.5. The summed E-state index contributed by atoms with van der Waals surface area (Å²) in [6, 6.07) is 20.5. The normalized spacial score (nSPS) is 11.7. The first-order valence-electron chi connectivity index (χ1n) is 10.6. The second-order valence-electron chi connectivity index (χ2n) is 7.49. The standard InChI is InChI=1S/C25H26BrN3O4S/c1-4-33-23-13-15-24(16-14-23)34(31,32)29(22-11-5-18(2)6-12-22)17-25(30)28-27-19(3)20-7-9-21(26)10-8-20/h5-16H,4,17H2,1-3H3,(H,28,30)/b27-19-. The molecule has 0 atom stereocenters. The Bertz CT molecular complexity index is 1260. The highest BCUT2D eigenvalue weighted by Crippen LogP contribution is 2.25. The molecule has 0 saturated heterocycles. The Labute approximate surface area is 208 Å². The molecule has 0 fully saturated rings. The Kier molecular flexibility index (Phi) is 8.46. The summed E-state index contributed by atoms with van der Waals surface area (Å²) >= 11 is 3.38. The van der Waals surface area contributed by atoms with Crippen molar-refractivity contribution in [1.82, 2.24) is 5.43 Å². The van der Waals surface area contributed by atoms with Crippen molar-refractivity contribution in [2.75, 3.05) is 17.5 Å². The van der Waals surface area contributed by atoms with Crippen molar-refractivity contribution in [2.45, 2.75) is 25.7 Å². The van der Waals surface area contributed by atoms with Crippen LogP contribution >= 0.6 is 15.9 Å². The molecule has 9 heteroatoms. The van der Waals surface area contributed by atoms with Crippen LogP contribution in [0.15, 0.2) is 87.3 Å². The summed E-state index contributed by atoms with van der Waals surface area (Å²) in [5.41, 5.74) is 5.25. The molecule has 178 valence electrons. The van der Waals surface area contributed by atoms with Crippen LogP contribution in [-0.2, 0) is 14.8 Å². The first-order chi connectivity index (χ1) is 16.2. The van der Waals surface area contributed by atoms with Gasteiger partial charge in [-0.3, -0.25) is 9.10 Å². The summed E-state index contributed by atoms with van der Waals surface area (Å²) in [6.07, 6.45) is 0. The number of benzene rings is 3. The highest BCUT2D eigenvalue weighted by Gasteiger charge is 2.27. The SMILES string of the molecule is CCOc1ccc(S(=O)(=O)N(CC(=O)N/N=C(/C)c2ccc(Br)cc2)c2ccc(C)cc2)cc1. The van der Waals surface area contributed by atoms with E-state index < -0.39 is 22.5 Å². The van der Waals surface area contributed by atoms with E-state index in [1.54, 1.807) is 43.3 Å². The van der Waals surface area contributed by atoms with E-state index in [2.05, 4.69) is 26.5 Å². The molecule has 7 nitrogen and oxygen atoms in total. The van der Waals surface area contributed by atoms with Crippen LogP contribution in [0.5, 0.6) is 5.75 Å². The molecule has 0 heterocycles. The van der Waals surface area contributed by atoms with E-state index in [1.165, 1.54) is 12.1 Å². The van der Waals surface area contributed by atoms with Gasteiger partial charge in [0.2, 0.25) is 0 Å². The second-order valence-corrected chi connectivity index (χ2v) is 10.3. The van der Waals surface area contributed by atoms with E-state index in [-0.39, 0.29) is 4.90 Å². The molecule has 0 spiro atoms. The molecule has 0 aliphatic rings. The average Bonchev–Trinajstić information content (AvgIpc) is 2.82. The van der Waals surface area contributed by atoms with E-state index >= 15 is 0 Å². The summed E-state index contributed by atoms with van der Waals surface area (Å²) in [4.78, 5) is 12.8. The van der Waals surface area contributed by atoms with E-state index in [4.69, 9.17) is 4.74 Å². The molecule has 1 amide bonds. The van der Waals surface area contributed by atoms with Gasteiger partial charge in [-0.25, -0.2) is 13.8 Å². The number of carbonyl (C=O) groups excluding carboxylic acids is 1. The molecule has 0 aromatic heterocycles.